The van der Waals surface area contributed by atoms with E-state index in [1.807, 2.05) is 6.92 Å². The fourth-order valence-corrected chi connectivity index (χ4v) is 3.97. The number of ether oxygens (including phenoxy) is 1. The van der Waals surface area contributed by atoms with E-state index in [0.29, 0.717) is 17.9 Å². The van der Waals surface area contributed by atoms with Crippen molar-refractivity contribution in [2.24, 2.45) is 0 Å². The van der Waals surface area contributed by atoms with Crippen LogP contribution in [0.1, 0.15) is 49.3 Å². The number of aromatic nitrogens is 2. The summed E-state index contributed by atoms with van der Waals surface area (Å²) >= 11 is 1.67. The minimum atomic E-state index is 0.00395. The Bertz CT molecular complexity index is 738. The Labute approximate surface area is 146 Å². The number of hydrogen-bond donors (Lipinski definition) is 0. The molecular weight excluding hydrogens is 320 g/mol. The Morgan fingerprint density at radius 1 is 1.33 bits per heavy atom. The highest BCUT2D eigenvalue weighted by molar-refractivity contribution is 7.07. The lowest BCUT2D eigenvalue weighted by molar-refractivity contribution is -0.0174. The summed E-state index contributed by atoms with van der Waals surface area (Å²) in [5, 5.41) is 22.7. The second-order valence-corrected chi connectivity index (χ2v) is 6.82. The number of thiophene rings is 1. The largest absolute Gasteiger partial charge is 0.367 e. The van der Waals surface area contributed by atoms with Gasteiger partial charge in [0, 0.05) is 6.54 Å². The van der Waals surface area contributed by atoms with E-state index in [-0.39, 0.29) is 12.2 Å². The molecule has 5 nitrogen and oxygen atoms in total. The van der Waals surface area contributed by atoms with Crippen molar-refractivity contribution in [2.75, 3.05) is 18.0 Å². The standard InChI is InChI=1S/C18H22N4OS/c1-4-14-15(8-19)18(21-20-16(14)5-2)22-9-12(3)23-17(10-22)13-6-7-24-11-13/h6-7,11-12,17H,4-5,9-10H2,1-3H3. The van der Waals surface area contributed by atoms with Crippen molar-refractivity contribution in [1.29, 1.82) is 5.26 Å². The predicted molar refractivity (Wildman–Crippen MR) is 95.3 cm³/mol. The molecular formula is C18H22N4OS. The number of nitriles is 1. The van der Waals surface area contributed by atoms with Crippen molar-refractivity contribution in [1.82, 2.24) is 10.2 Å². The number of aryl methyl sites for hydroxylation is 1. The first kappa shape index (κ1) is 16.9. The van der Waals surface area contributed by atoms with Crippen LogP contribution in [0.5, 0.6) is 0 Å². The SMILES string of the molecule is CCc1nnc(N2CC(C)OC(c3ccsc3)C2)c(C#N)c1CC. The van der Waals surface area contributed by atoms with Crippen LogP contribution in [0.15, 0.2) is 16.8 Å². The maximum atomic E-state index is 9.72. The average molecular weight is 342 g/mol. The van der Waals surface area contributed by atoms with E-state index in [2.05, 4.69) is 51.8 Å². The molecule has 3 rings (SSSR count). The Balaban J connectivity index is 1.97. The van der Waals surface area contributed by atoms with Crippen molar-refractivity contribution in [3.8, 4) is 6.07 Å². The van der Waals surface area contributed by atoms with Crippen molar-refractivity contribution < 1.29 is 4.74 Å². The Morgan fingerprint density at radius 3 is 2.79 bits per heavy atom. The van der Waals surface area contributed by atoms with Crippen molar-refractivity contribution >= 4 is 17.2 Å². The molecule has 126 valence electrons. The predicted octanol–water partition coefficient (Wildman–Crippen LogP) is 3.50. The topological polar surface area (TPSA) is 62.0 Å². The second-order valence-electron chi connectivity index (χ2n) is 6.04. The first-order valence-electron chi connectivity index (χ1n) is 8.38. The molecule has 2 atom stereocenters. The van der Waals surface area contributed by atoms with Crippen molar-refractivity contribution in [3.63, 3.8) is 0 Å². The van der Waals surface area contributed by atoms with Gasteiger partial charge >= 0.3 is 0 Å². The smallest absolute Gasteiger partial charge is 0.169 e. The molecule has 1 aliphatic heterocycles. The monoisotopic (exact) mass is 342 g/mol. The van der Waals surface area contributed by atoms with Crippen LogP contribution in [0.4, 0.5) is 5.82 Å². The van der Waals surface area contributed by atoms with Gasteiger partial charge in [-0.3, -0.25) is 0 Å². The first-order chi connectivity index (χ1) is 11.7. The molecule has 6 heteroatoms. The van der Waals surface area contributed by atoms with E-state index < -0.39 is 0 Å². The zero-order chi connectivity index (χ0) is 17.1. The van der Waals surface area contributed by atoms with E-state index in [1.165, 1.54) is 5.56 Å². The van der Waals surface area contributed by atoms with Crippen LogP contribution in [-0.2, 0) is 17.6 Å². The zero-order valence-electron chi connectivity index (χ0n) is 14.3. The number of nitrogens with zero attached hydrogens (tertiary/aromatic N) is 4. The molecule has 0 spiro atoms. The van der Waals surface area contributed by atoms with E-state index in [1.54, 1.807) is 11.3 Å². The number of anilines is 1. The van der Waals surface area contributed by atoms with Gasteiger partial charge in [0.15, 0.2) is 5.82 Å². The normalized spacial score (nSPS) is 20.8. The Morgan fingerprint density at radius 2 is 2.17 bits per heavy atom. The van der Waals surface area contributed by atoms with E-state index in [4.69, 9.17) is 4.74 Å². The average Bonchev–Trinajstić information content (AvgIpc) is 3.14. The molecule has 1 fully saturated rings. The van der Waals surface area contributed by atoms with E-state index in [9.17, 15) is 5.26 Å². The molecule has 2 aromatic heterocycles. The lowest BCUT2D eigenvalue weighted by atomic mass is 10.0. The zero-order valence-corrected chi connectivity index (χ0v) is 15.1. The van der Waals surface area contributed by atoms with Gasteiger partial charge in [-0.15, -0.1) is 5.10 Å². The van der Waals surface area contributed by atoms with E-state index in [0.717, 1.165) is 30.6 Å². The molecule has 0 saturated carbocycles. The van der Waals surface area contributed by atoms with Gasteiger partial charge in [0.2, 0.25) is 0 Å². The molecule has 3 heterocycles. The van der Waals surface area contributed by atoms with Gasteiger partial charge in [-0.05, 0) is 47.7 Å². The van der Waals surface area contributed by atoms with Gasteiger partial charge in [-0.1, -0.05) is 13.8 Å². The van der Waals surface area contributed by atoms with Gasteiger partial charge in [0.1, 0.15) is 17.7 Å². The summed E-state index contributed by atoms with van der Waals surface area (Å²) in [5.41, 5.74) is 3.80. The Kier molecular flexibility index (Phi) is 5.12. The molecule has 0 aliphatic carbocycles. The maximum absolute atomic E-state index is 9.72. The van der Waals surface area contributed by atoms with Gasteiger partial charge in [-0.2, -0.15) is 21.7 Å². The molecule has 2 unspecified atom stereocenters. The first-order valence-corrected chi connectivity index (χ1v) is 9.33. The third kappa shape index (κ3) is 3.14. The van der Waals surface area contributed by atoms with Crippen LogP contribution in [0.25, 0.3) is 0 Å². The highest BCUT2D eigenvalue weighted by Gasteiger charge is 2.30. The van der Waals surface area contributed by atoms with E-state index >= 15 is 0 Å². The summed E-state index contributed by atoms with van der Waals surface area (Å²) in [6.07, 6.45) is 1.67. The number of rotatable bonds is 4. The third-order valence-electron chi connectivity index (χ3n) is 4.41. The third-order valence-corrected chi connectivity index (χ3v) is 5.12. The summed E-state index contributed by atoms with van der Waals surface area (Å²) in [6, 6.07) is 4.47. The quantitative estimate of drug-likeness (QED) is 0.851. The lowest BCUT2D eigenvalue weighted by Gasteiger charge is -2.37. The van der Waals surface area contributed by atoms with Crippen molar-refractivity contribution in [3.05, 3.63) is 39.2 Å². The summed E-state index contributed by atoms with van der Waals surface area (Å²) in [4.78, 5) is 2.15. The summed E-state index contributed by atoms with van der Waals surface area (Å²) in [5.74, 6) is 0.696. The molecule has 0 radical (unpaired) electrons. The van der Waals surface area contributed by atoms with Crippen molar-refractivity contribution in [2.45, 2.75) is 45.8 Å². The molecule has 2 aromatic rings. The van der Waals surface area contributed by atoms with Gasteiger partial charge in [0.05, 0.1) is 18.3 Å². The number of hydrogen-bond acceptors (Lipinski definition) is 6. The fraction of sp³-hybridized carbons (Fsp3) is 0.500. The van der Waals surface area contributed by atoms with Crippen LogP contribution in [-0.4, -0.2) is 29.4 Å². The van der Waals surface area contributed by atoms with Crippen LogP contribution in [0.3, 0.4) is 0 Å². The van der Waals surface area contributed by atoms with Gasteiger partial charge < -0.3 is 9.64 Å². The minimum absolute atomic E-state index is 0.00395. The molecule has 1 aliphatic rings. The molecule has 0 bridgehead atoms. The summed E-state index contributed by atoms with van der Waals surface area (Å²) < 4.78 is 6.09. The molecule has 0 N–H and O–H groups in total. The lowest BCUT2D eigenvalue weighted by Crippen LogP contribution is -2.43. The van der Waals surface area contributed by atoms with Crippen LogP contribution < -0.4 is 4.90 Å². The van der Waals surface area contributed by atoms with Gasteiger partial charge in [-0.25, -0.2) is 0 Å². The molecule has 0 aromatic carbocycles. The Hall–Kier alpha value is -1.97. The van der Waals surface area contributed by atoms with Gasteiger partial charge in [0.25, 0.3) is 0 Å². The molecule has 24 heavy (non-hydrogen) atoms. The van der Waals surface area contributed by atoms with Crippen LogP contribution in [0.2, 0.25) is 0 Å². The number of morpholine rings is 1. The maximum Gasteiger partial charge on any atom is 0.169 e. The summed E-state index contributed by atoms with van der Waals surface area (Å²) in [7, 11) is 0. The molecule has 1 saturated heterocycles. The summed E-state index contributed by atoms with van der Waals surface area (Å²) in [6.45, 7) is 7.59. The van der Waals surface area contributed by atoms with Crippen LogP contribution >= 0.6 is 11.3 Å². The highest BCUT2D eigenvalue weighted by Crippen LogP contribution is 2.31. The fourth-order valence-electron chi connectivity index (χ4n) is 3.27. The molecule has 0 amide bonds. The second kappa shape index (κ2) is 7.29. The van der Waals surface area contributed by atoms with Crippen LogP contribution in [0, 0.1) is 11.3 Å². The highest BCUT2D eigenvalue weighted by atomic mass is 32.1. The minimum Gasteiger partial charge on any atom is -0.367 e.